The van der Waals surface area contributed by atoms with Gasteiger partial charge < -0.3 is 10.2 Å². The minimum absolute atomic E-state index is 0.0410. The average molecular weight is 566 g/mol. The lowest BCUT2D eigenvalue weighted by molar-refractivity contribution is -0.139. The Bertz CT molecular complexity index is 1340. The Morgan fingerprint density at radius 1 is 0.973 bits per heavy atom. The van der Waals surface area contributed by atoms with E-state index >= 15 is 0 Å². The molecule has 3 rings (SSSR count). The highest BCUT2D eigenvalue weighted by molar-refractivity contribution is 7.92. The standard InChI is InChI=1S/C26H26Cl2FN3O4S/c1-3-30-26(34)18(2)31(16-19-9-11-22(29)12-10-19)25(33)17-32(23-14-20(27)13-21(28)15-23)37(35,36)24-7-5-4-6-8-24/h4-15,18H,3,16-17H2,1-2H3,(H,30,34)/t18-/m0/s1. The number of sulfonamides is 1. The molecule has 0 aliphatic carbocycles. The van der Waals surface area contributed by atoms with Crippen molar-refractivity contribution in [1.29, 1.82) is 0 Å². The quantitative estimate of drug-likeness (QED) is 0.379. The van der Waals surface area contributed by atoms with Crippen molar-refractivity contribution in [3.63, 3.8) is 0 Å². The van der Waals surface area contributed by atoms with E-state index in [1.807, 2.05) is 0 Å². The van der Waals surface area contributed by atoms with Crippen LogP contribution in [-0.4, -0.2) is 44.3 Å². The summed E-state index contributed by atoms with van der Waals surface area (Å²) in [6, 6.07) is 16.4. The molecule has 0 fully saturated rings. The van der Waals surface area contributed by atoms with Gasteiger partial charge in [0.2, 0.25) is 11.8 Å². The number of carbonyl (C=O) groups is 2. The number of amides is 2. The van der Waals surface area contributed by atoms with Gasteiger partial charge in [0, 0.05) is 23.1 Å². The van der Waals surface area contributed by atoms with Crippen LogP contribution in [0.15, 0.2) is 77.7 Å². The molecule has 2 amide bonds. The summed E-state index contributed by atoms with van der Waals surface area (Å²) in [5.41, 5.74) is 0.649. The number of rotatable bonds is 10. The fourth-order valence-electron chi connectivity index (χ4n) is 3.62. The molecular weight excluding hydrogens is 540 g/mol. The summed E-state index contributed by atoms with van der Waals surface area (Å²) in [6.45, 7) is 2.94. The Kier molecular flexibility index (Phi) is 9.53. The van der Waals surface area contributed by atoms with Crippen LogP contribution in [0.4, 0.5) is 10.1 Å². The van der Waals surface area contributed by atoms with Crippen molar-refractivity contribution in [2.24, 2.45) is 0 Å². The van der Waals surface area contributed by atoms with Crippen LogP contribution in [0.25, 0.3) is 0 Å². The summed E-state index contributed by atoms with van der Waals surface area (Å²) < 4.78 is 41.7. The van der Waals surface area contributed by atoms with Gasteiger partial charge in [0.25, 0.3) is 10.0 Å². The van der Waals surface area contributed by atoms with Gasteiger partial charge in [0.15, 0.2) is 0 Å². The highest BCUT2D eigenvalue weighted by Crippen LogP contribution is 2.30. The number of benzene rings is 3. The van der Waals surface area contributed by atoms with Crippen molar-refractivity contribution >= 4 is 50.7 Å². The maximum Gasteiger partial charge on any atom is 0.264 e. The van der Waals surface area contributed by atoms with Gasteiger partial charge in [-0.1, -0.05) is 53.5 Å². The first-order valence-corrected chi connectivity index (χ1v) is 13.6. The normalized spacial score (nSPS) is 12.0. The van der Waals surface area contributed by atoms with Crippen LogP contribution in [0, 0.1) is 5.82 Å². The lowest BCUT2D eigenvalue weighted by atomic mass is 10.1. The van der Waals surface area contributed by atoms with Gasteiger partial charge in [0.1, 0.15) is 18.4 Å². The van der Waals surface area contributed by atoms with E-state index in [2.05, 4.69) is 5.32 Å². The summed E-state index contributed by atoms with van der Waals surface area (Å²) in [5.74, 6) is -1.52. The number of carbonyl (C=O) groups excluding carboxylic acids is 2. The predicted molar refractivity (Wildman–Crippen MR) is 143 cm³/mol. The fourth-order valence-corrected chi connectivity index (χ4v) is 5.56. The molecule has 0 aliphatic rings. The third-order valence-electron chi connectivity index (χ3n) is 5.53. The average Bonchev–Trinajstić information content (AvgIpc) is 2.86. The minimum atomic E-state index is -4.23. The van der Waals surface area contributed by atoms with Crippen molar-refractivity contribution < 1.29 is 22.4 Å². The summed E-state index contributed by atoms with van der Waals surface area (Å²) in [6.07, 6.45) is 0. The zero-order valence-electron chi connectivity index (χ0n) is 20.2. The molecule has 0 heterocycles. The molecule has 11 heteroatoms. The van der Waals surface area contributed by atoms with Crippen LogP contribution in [0.3, 0.4) is 0 Å². The number of likely N-dealkylation sites (N-methyl/N-ethyl adjacent to an activating group) is 1. The number of nitrogens with zero attached hydrogens (tertiary/aromatic N) is 2. The van der Waals surface area contributed by atoms with E-state index in [-0.39, 0.29) is 27.2 Å². The monoisotopic (exact) mass is 565 g/mol. The van der Waals surface area contributed by atoms with Gasteiger partial charge in [-0.25, -0.2) is 12.8 Å². The van der Waals surface area contributed by atoms with Crippen molar-refractivity contribution in [3.8, 4) is 0 Å². The Morgan fingerprint density at radius 3 is 2.14 bits per heavy atom. The van der Waals surface area contributed by atoms with Crippen molar-refractivity contribution in [2.75, 3.05) is 17.4 Å². The van der Waals surface area contributed by atoms with E-state index in [1.54, 1.807) is 32.0 Å². The molecule has 3 aromatic rings. The molecule has 0 aliphatic heterocycles. The summed E-state index contributed by atoms with van der Waals surface area (Å²) >= 11 is 12.3. The zero-order chi connectivity index (χ0) is 27.2. The summed E-state index contributed by atoms with van der Waals surface area (Å²) in [4.78, 5) is 27.6. The molecule has 0 saturated carbocycles. The molecule has 0 saturated heterocycles. The molecule has 196 valence electrons. The second kappa shape index (κ2) is 12.4. The van der Waals surface area contributed by atoms with E-state index in [0.717, 1.165) is 4.31 Å². The van der Waals surface area contributed by atoms with Gasteiger partial charge in [-0.05, 0) is 61.9 Å². The van der Waals surface area contributed by atoms with Gasteiger partial charge in [0.05, 0.1) is 10.6 Å². The number of halogens is 3. The molecule has 0 unspecified atom stereocenters. The molecule has 7 nitrogen and oxygen atoms in total. The lowest BCUT2D eigenvalue weighted by Gasteiger charge is -2.32. The van der Waals surface area contributed by atoms with Crippen LogP contribution >= 0.6 is 23.2 Å². The molecule has 3 aromatic carbocycles. The van der Waals surface area contributed by atoms with Crippen LogP contribution in [-0.2, 0) is 26.2 Å². The van der Waals surface area contributed by atoms with Crippen LogP contribution in [0.1, 0.15) is 19.4 Å². The van der Waals surface area contributed by atoms with Crippen LogP contribution in [0.5, 0.6) is 0 Å². The Morgan fingerprint density at radius 2 is 1.57 bits per heavy atom. The van der Waals surface area contributed by atoms with E-state index in [9.17, 15) is 22.4 Å². The first-order valence-electron chi connectivity index (χ1n) is 11.4. The molecule has 0 bridgehead atoms. The molecule has 0 spiro atoms. The molecular formula is C26H26Cl2FN3O4S. The van der Waals surface area contributed by atoms with E-state index < -0.39 is 40.2 Å². The van der Waals surface area contributed by atoms with E-state index in [4.69, 9.17) is 23.2 Å². The Hall–Kier alpha value is -3.14. The van der Waals surface area contributed by atoms with E-state index in [1.165, 1.54) is 59.5 Å². The maximum absolute atomic E-state index is 13.7. The Balaban J connectivity index is 2.04. The van der Waals surface area contributed by atoms with Crippen molar-refractivity contribution in [1.82, 2.24) is 10.2 Å². The zero-order valence-corrected chi connectivity index (χ0v) is 22.5. The number of hydrogen-bond acceptors (Lipinski definition) is 4. The lowest BCUT2D eigenvalue weighted by Crippen LogP contribution is -2.51. The molecule has 1 N–H and O–H groups in total. The number of anilines is 1. The molecule has 1 atom stereocenters. The van der Waals surface area contributed by atoms with Gasteiger partial charge >= 0.3 is 0 Å². The number of hydrogen-bond donors (Lipinski definition) is 1. The van der Waals surface area contributed by atoms with Gasteiger partial charge in [-0.3, -0.25) is 13.9 Å². The topological polar surface area (TPSA) is 86.8 Å². The van der Waals surface area contributed by atoms with Gasteiger partial charge in [-0.2, -0.15) is 0 Å². The minimum Gasteiger partial charge on any atom is -0.355 e. The number of nitrogens with one attached hydrogen (secondary N) is 1. The second-order valence-electron chi connectivity index (χ2n) is 8.17. The van der Waals surface area contributed by atoms with Gasteiger partial charge in [-0.15, -0.1) is 0 Å². The Labute approximate surface area is 225 Å². The highest BCUT2D eigenvalue weighted by Gasteiger charge is 2.32. The molecule has 0 aromatic heterocycles. The fraction of sp³-hybridized carbons (Fsp3) is 0.231. The summed E-state index contributed by atoms with van der Waals surface area (Å²) in [5, 5.41) is 3.04. The second-order valence-corrected chi connectivity index (χ2v) is 10.9. The summed E-state index contributed by atoms with van der Waals surface area (Å²) in [7, 11) is -4.23. The predicted octanol–water partition coefficient (Wildman–Crippen LogP) is 4.88. The largest absolute Gasteiger partial charge is 0.355 e. The van der Waals surface area contributed by atoms with E-state index in [0.29, 0.717) is 12.1 Å². The highest BCUT2D eigenvalue weighted by atomic mass is 35.5. The smallest absolute Gasteiger partial charge is 0.264 e. The third kappa shape index (κ3) is 7.21. The van der Waals surface area contributed by atoms with Crippen molar-refractivity contribution in [2.45, 2.75) is 31.3 Å². The first-order chi connectivity index (χ1) is 17.5. The SMILES string of the molecule is CCNC(=O)[C@H](C)N(Cc1ccc(F)cc1)C(=O)CN(c1cc(Cl)cc(Cl)c1)S(=O)(=O)c1ccccc1. The molecule has 0 radical (unpaired) electrons. The van der Waals surface area contributed by atoms with Crippen LogP contribution in [0.2, 0.25) is 10.0 Å². The van der Waals surface area contributed by atoms with Crippen LogP contribution < -0.4 is 9.62 Å². The van der Waals surface area contributed by atoms with Crippen molar-refractivity contribution in [3.05, 3.63) is 94.2 Å². The first kappa shape index (κ1) is 28.4. The maximum atomic E-state index is 13.7. The molecule has 37 heavy (non-hydrogen) atoms. The third-order valence-corrected chi connectivity index (χ3v) is 7.75.